The molecule has 1 aromatic heterocycles. The first-order valence-corrected chi connectivity index (χ1v) is 9.22. The number of benzene rings is 2. The molecule has 1 amide bonds. The van der Waals surface area contributed by atoms with Crippen molar-refractivity contribution in [2.45, 2.75) is 39.2 Å². The minimum atomic E-state index is -0.154. The fraction of sp³-hybridized carbons (Fsp3) is 0.318. The SMILES string of the molecule is CCOc1ccc2oc(C(=O)N[C@H]3CCCc4ccccc43)c(C)c2c1. The molecule has 3 aromatic rings. The van der Waals surface area contributed by atoms with Crippen molar-refractivity contribution < 1.29 is 13.9 Å². The van der Waals surface area contributed by atoms with Crippen molar-refractivity contribution >= 4 is 16.9 Å². The fourth-order valence-corrected chi connectivity index (χ4v) is 3.80. The summed E-state index contributed by atoms with van der Waals surface area (Å²) in [6, 6.07) is 14.1. The van der Waals surface area contributed by atoms with Gasteiger partial charge < -0.3 is 14.5 Å². The van der Waals surface area contributed by atoms with Gasteiger partial charge in [0.05, 0.1) is 12.6 Å². The zero-order chi connectivity index (χ0) is 18.1. The Hall–Kier alpha value is -2.75. The molecule has 1 aliphatic rings. The van der Waals surface area contributed by atoms with E-state index in [2.05, 4.69) is 23.5 Å². The number of carbonyl (C=O) groups excluding carboxylic acids is 1. The van der Waals surface area contributed by atoms with Crippen molar-refractivity contribution in [3.05, 3.63) is 64.9 Å². The number of aryl methyl sites for hydroxylation is 2. The molecule has 0 bridgehead atoms. The zero-order valence-corrected chi connectivity index (χ0v) is 15.2. The van der Waals surface area contributed by atoms with Gasteiger partial charge in [0.1, 0.15) is 11.3 Å². The molecule has 4 nitrogen and oxygen atoms in total. The molecule has 1 atom stereocenters. The van der Waals surface area contributed by atoms with Gasteiger partial charge in [-0.05, 0) is 62.4 Å². The van der Waals surface area contributed by atoms with Gasteiger partial charge in [0.25, 0.3) is 5.91 Å². The van der Waals surface area contributed by atoms with E-state index in [9.17, 15) is 4.79 Å². The lowest BCUT2D eigenvalue weighted by Crippen LogP contribution is -2.31. The smallest absolute Gasteiger partial charge is 0.287 e. The Kier molecular flexibility index (Phi) is 4.41. The number of amides is 1. The highest BCUT2D eigenvalue weighted by Gasteiger charge is 2.25. The first kappa shape index (κ1) is 16.7. The maximum Gasteiger partial charge on any atom is 0.287 e. The molecule has 4 rings (SSSR count). The van der Waals surface area contributed by atoms with E-state index in [-0.39, 0.29) is 11.9 Å². The molecular formula is C22H23NO3. The summed E-state index contributed by atoms with van der Waals surface area (Å²) >= 11 is 0. The first-order chi connectivity index (χ1) is 12.7. The molecule has 0 saturated carbocycles. The van der Waals surface area contributed by atoms with Crippen LogP contribution in [0.25, 0.3) is 11.0 Å². The van der Waals surface area contributed by atoms with E-state index < -0.39 is 0 Å². The van der Waals surface area contributed by atoms with Crippen molar-refractivity contribution in [1.29, 1.82) is 0 Å². The van der Waals surface area contributed by atoms with Crippen LogP contribution >= 0.6 is 0 Å². The Morgan fingerprint density at radius 1 is 1.27 bits per heavy atom. The predicted molar refractivity (Wildman–Crippen MR) is 102 cm³/mol. The summed E-state index contributed by atoms with van der Waals surface area (Å²) in [4.78, 5) is 12.9. The highest BCUT2D eigenvalue weighted by Crippen LogP contribution is 2.32. The summed E-state index contributed by atoms with van der Waals surface area (Å²) in [6.07, 6.45) is 3.11. The summed E-state index contributed by atoms with van der Waals surface area (Å²) in [5.74, 6) is 1.02. The second kappa shape index (κ2) is 6.87. The molecule has 0 aliphatic heterocycles. The second-order valence-corrected chi connectivity index (χ2v) is 6.76. The lowest BCUT2D eigenvalue weighted by molar-refractivity contribution is 0.0906. The van der Waals surface area contributed by atoms with E-state index in [4.69, 9.17) is 9.15 Å². The van der Waals surface area contributed by atoms with Crippen LogP contribution in [0.5, 0.6) is 5.75 Å². The van der Waals surface area contributed by atoms with E-state index in [1.807, 2.05) is 38.1 Å². The van der Waals surface area contributed by atoms with Gasteiger partial charge in [0.2, 0.25) is 0 Å². The molecule has 1 aliphatic carbocycles. The molecule has 4 heteroatoms. The van der Waals surface area contributed by atoms with Crippen LogP contribution < -0.4 is 10.1 Å². The van der Waals surface area contributed by atoms with Crippen molar-refractivity contribution in [2.24, 2.45) is 0 Å². The number of hydrogen-bond donors (Lipinski definition) is 1. The lowest BCUT2D eigenvalue weighted by Gasteiger charge is -2.26. The minimum absolute atomic E-state index is 0.0408. The number of furan rings is 1. The first-order valence-electron chi connectivity index (χ1n) is 9.22. The van der Waals surface area contributed by atoms with E-state index in [1.54, 1.807) is 0 Å². The number of rotatable bonds is 4. The zero-order valence-electron chi connectivity index (χ0n) is 15.2. The summed E-state index contributed by atoms with van der Waals surface area (Å²) < 4.78 is 11.4. The van der Waals surface area contributed by atoms with Gasteiger partial charge in [0.15, 0.2) is 5.76 Å². The van der Waals surface area contributed by atoms with Gasteiger partial charge in [-0.1, -0.05) is 24.3 Å². The van der Waals surface area contributed by atoms with Gasteiger partial charge in [-0.25, -0.2) is 0 Å². The Balaban J connectivity index is 1.62. The van der Waals surface area contributed by atoms with Crippen LogP contribution in [0.4, 0.5) is 0 Å². The molecule has 26 heavy (non-hydrogen) atoms. The Morgan fingerprint density at radius 3 is 2.96 bits per heavy atom. The lowest BCUT2D eigenvalue weighted by atomic mass is 9.87. The quantitative estimate of drug-likeness (QED) is 0.725. The van der Waals surface area contributed by atoms with Crippen LogP contribution in [0, 0.1) is 6.92 Å². The molecule has 134 valence electrons. The van der Waals surface area contributed by atoms with Gasteiger partial charge in [-0.3, -0.25) is 4.79 Å². The molecule has 0 saturated heterocycles. The molecule has 0 radical (unpaired) electrons. The van der Waals surface area contributed by atoms with Crippen molar-refractivity contribution in [3.8, 4) is 5.75 Å². The average molecular weight is 349 g/mol. The minimum Gasteiger partial charge on any atom is -0.494 e. The fourth-order valence-electron chi connectivity index (χ4n) is 3.80. The topological polar surface area (TPSA) is 51.5 Å². The number of fused-ring (bicyclic) bond motifs is 2. The summed E-state index contributed by atoms with van der Waals surface area (Å²) in [7, 11) is 0. The van der Waals surface area contributed by atoms with E-state index in [0.29, 0.717) is 18.0 Å². The standard InChI is InChI=1S/C22H23NO3/c1-3-25-16-11-12-20-18(13-16)14(2)21(26-20)22(24)23-19-10-6-8-15-7-4-5-9-17(15)19/h4-5,7,9,11-13,19H,3,6,8,10H2,1-2H3,(H,23,24)/t19-/m0/s1. The van der Waals surface area contributed by atoms with Crippen LogP contribution in [0.3, 0.4) is 0 Å². The van der Waals surface area contributed by atoms with Crippen molar-refractivity contribution in [1.82, 2.24) is 5.32 Å². The third kappa shape index (κ3) is 2.96. The van der Waals surface area contributed by atoms with Crippen LogP contribution in [-0.2, 0) is 6.42 Å². The highest BCUT2D eigenvalue weighted by molar-refractivity contribution is 5.99. The van der Waals surface area contributed by atoms with E-state index in [1.165, 1.54) is 11.1 Å². The normalized spacial score (nSPS) is 16.3. The maximum absolute atomic E-state index is 12.9. The molecule has 2 aromatic carbocycles. The molecule has 1 N–H and O–H groups in total. The number of nitrogens with one attached hydrogen (secondary N) is 1. The van der Waals surface area contributed by atoms with Crippen molar-refractivity contribution in [2.75, 3.05) is 6.61 Å². The maximum atomic E-state index is 12.9. The predicted octanol–water partition coefficient (Wildman–Crippen LogP) is 4.95. The Labute approximate surface area is 153 Å². The summed E-state index contributed by atoms with van der Waals surface area (Å²) in [5, 5.41) is 4.09. The van der Waals surface area contributed by atoms with Gasteiger partial charge in [-0.2, -0.15) is 0 Å². The Bertz CT molecular complexity index is 957. The van der Waals surface area contributed by atoms with E-state index in [0.717, 1.165) is 36.0 Å². The van der Waals surface area contributed by atoms with Crippen LogP contribution in [0.1, 0.15) is 53.1 Å². The van der Waals surface area contributed by atoms with Crippen LogP contribution in [0.2, 0.25) is 0 Å². The van der Waals surface area contributed by atoms with Gasteiger partial charge >= 0.3 is 0 Å². The second-order valence-electron chi connectivity index (χ2n) is 6.76. The number of carbonyl (C=O) groups is 1. The van der Waals surface area contributed by atoms with E-state index >= 15 is 0 Å². The summed E-state index contributed by atoms with van der Waals surface area (Å²) in [6.45, 7) is 4.48. The molecule has 0 unspecified atom stereocenters. The molecular weight excluding hydrogens is 326 g/mol. The van der Waals surface area contributed by atoms with Gasteiger partial charge in [0, 0.05) is 10.9 Å². The Morgan fingerprint density at radius 2 is 2.12 bits per heavy atom. The molecule has 0 spiro atoms. The van der Waals surface area contributed by atoms with Crippen LogP contribution in [0.15, 0.2) is 46.9 Å². The molecule has 0 fully saturated rings. The largest absolute Gasteiger partial charge is 0.494 e. The monoisotopic (exact) mass is 349 g/mol. The van der Waals surface area contributed by atoms with Gasteiger partial charge in [-0.15, -0.1) is 0 Å². The van der Waals surface area contributed by atoms with Crippen molar-refractivity contribution in [3.63, 3.8) is 0 Å². The van der Waals surface area contributed by atoms with Crippen LogP contribution in [-0.4, -0.2) is 12.5 Å². The number of ether oxygens (including phenoxy) is 1. The average Bonchev–Trinajstić information content (AvgIpc) is 2.99. The third-order valence-electron chi connectivity index (χ3n) is 5.10. The summed E-state index contributed by atoms with van der Waals surface area (Å²) in [5.41, 5.74) is 4.11. The highest BCUT2D eigenvalue weighted by atomic mass is 16.5. The third-order valence-corrected chi connectivity index (χ3v) is 5.10. The number of hydrogen-bond acceptors (Lipinski definition) is 3. The molecule has 1 heterocycles.